The summed E-state index contributed by atoms with van der Waals surface area (Å²) in [6.45, 7) is 6.40. The molecule has 1 aliphatic heterocycles. The summed E-state index contributed by atoms with van der Waals surface area (Å²) in [7, 11) is 0. The number of benzene rings is 2. The molecule has 0 saturated carbocycles. The van der Waals surface area contributed by atoms with Crippen molar-refractivity contribution in [3.8, 4) is 0 Å². The maximum Gasteiger partial charge on any atom is 0.237 e. The van der Waals surface area contributed by atoms with Crippen LogP contribution in [-0.4, -0.2) is 22.3 Å². The van der Waals surface area contributed by atoms with Gasteiger partial charge in [0, 0.05) is 30.1 Å². The maximum atomic E-state index is 12.2. The van der Waals surface area contributed by atoms with E-state index in [1.165, 1.54) is 22.3 Å². The lowest BCUT2D eigenvalue weighted by atomic mass is 9.97. The monoisotopic (exact) mass is 358 g/mol. The van der Waals surface area contributed by atoms with Gasteiger partial charge in [-0.2, -0.15) is 5.10 Å². The molecule has 0 saturated heterocycles. The number of carbonyl (C=O) groups is 1. The van der Waals surface area contributed by atoms with Gasteiger partial charge in [0.2, 0.25) is 5.91 Å². The number of anilines is 1. The molecule has 4 rings (SSSR count). The Kier molecular flexibility index (Phi) is 4.36. The molecule has 1 aliphatic rings. The minimum Gasteiger partial charge on any atom is -0.325 e. The third kappa shape index (κ3) is 3.40. The zero-order valence-electron chi connectivity index (χ0n) is 15.7. The van der Waals surface area contributed by atoms with Gasteiger partial charge < -0.3 is 5.32 Å². The van der Waals surface area contributed by atoms with Crippen molar-refractivity contribution in [1.29, 1.82) is 0 Å². The van der Waals surface area contributed by atoms with Crippen molar-refractivity contribution < 1.29 is 4.79 Å². The van der Waals surface area contributed by atoms with Crippen LogP contribution in [-0.2, 0) is 11.2 Å². The number of hydrogen-bond donors (Lipinski definition) is 2. The van der Waals surface area contributed by atoms with Gasteiger partial charge in [-0.1, -0.05) is 35.9 Å². The molecule has 136 valence electrons. The number of aromatic nitrogens is 2. The second kappa shape index (κ2) is 6.83. The van der Waals surface area contributed by atoms with Crippen LogP contribution in [0.5, 0.6) is 0 Å². The van der Waals surface area contributed by atoms with Crippen LogP contribution in [0.3, 0.4) is 0 Å². The van der Waals surface area contributed by atoms with Crippen LogP contribution in [0.1, 0.15) is 39.4 Å². The number of aliphatic imine (C=N–C) groups is 1. The van der Waals surface area contributed by atoms with Crippen molar-refractivity contribution in [3.63, 3.8) is 0 Å². The molecule has 1 amide bonds. The van der Waals surface area contributed by atoms with Gasteiger partial charge in [0.05, 0.1) is 0 Å². The lowest BCUT2D eigenvalue weighted by molar-refractivity contribution is -0.115. The van der Waals surface area contributed by atoms with E-state index >= 15 is 0 Å². The summed E-state index contributed by atoms with van der Waals surface area (Å²) >= 11 is 0. The minimum atomic E-state index is -0.372. The van der Waals surface area contributed by atoms with Crippen LogP contribution in [0.4, 0.5) is 11.5 Å². The number of aromatic amines is 1. The molecule has 27 heavy (non-hydrogen) atoms. The first-order valence-electron chi connectivity index (χ1n) is 9.06. The van der Waals surface area contributed by atoms with E-state index in [0.717, 1.165) is 23.4 Å². The maximum absolute atomic E-state index is 12.2. The molecule has 5 nitrogen and oxygen atoms in total. The smallest absolute Gasteiger partial charge is 0.237 e. The summed E-state index contributed by atoms with van der Waals surface area (Å²) in [5.74, 6) is 0.161. The molecule has 2 aromatic carbocycles. The number of H-pyrrole nitrogens is 1. The molecule has 2 heterocycles. The SMILES string of the molecule is Cc1cc(C)c(C)c(Cc2cc(N=CC3C(=O)Nc4ccccc43)n[nH]2)c1. The highest BCUT2D eigenvalue weighted by molar-refractivity contribution is 6.12. The largest absolute Gasteiger partial charge is 0.325 e. The van der Waals surface area contributed by atoms with Gasteiger partial charge in [-0.25, -0.2) is 4.99 Å². The van der Waals surface area contributed by atoms with Gasteiger partial charge in [0.25, 0.3) is 0 Å². The summed E-state index contributed by atoms with van der Waals surface area (Å²) in [5, 5.41) is 10.2. The minimum absolute atomic E-state index is 0.0541. The zero-order chi connectivity index (χ0) is 19.0. The van der Waals surface area contributed by atoms with E-state index in [2.05, 4.69) is 53.4 Å². The van der Waals surface area contributed by atoms with Crippen LogP contribution < -0.4 is 5.32 Å². The number of para-hydroxylation sites is 1. The van der Waals surface area contributed by atoms with Crippen LogP contribution in [0.2, 0.25) is 0 Å². The quantitative estimate of drug-likeness (QED) is 0.680. The summed E-state index contributed by atoms with van der Waals surface area (Å²) in [4.78, 5) is 16.6. The fraction of sp³-hybridized carbons (Fsp3) is 0.227. The van der Waals surface area contributed by atoms with Gasteiger partial charge in [-0.15, -0.1) is 0 Å². The van der Waals surface area contributed by atoms with E-state index in [4.69, 9.17) is 0 Å². The van der Waals surface area contributed by atoms with Crippen molar-refractivity contribution >= 4 is 23.6 Å². The molecule has 0 fully saturated rings. The Labute approximate surface area is 158 Å². The van der Waals surface area contributed by atoms with Gasteiger partial charge >= 0.3 is 0 Å². The molecule has 0 bridgehead atoms. The fourth-order valence-electron chi connectivity index (χ4n) is 3.56. The highest BCUT2D eigenvalue weighted by atomic mass is 16.2. The predicted octanol–water partition coefficient (Wildman–Crippen LogP) is 4.36. The molecule has 5 heteroatoms. The molecule has 0 aliphatic carbocycles. The first-order valence-corrected chi connectivity index (χ1v) is 9.06. The normalized spacial score (nSPS) is 16.0. The Hall–Kier alpha value is -3.21. The third-order valence-corrected chi connectivity index (χ3v) is 5.11. The van der Waals surface area contributed by atoms with Gasteiger partial charge in [0.15, 0.2) is 5.82 Å². The third-order valence-electron chi connectivity index (χ3n) is 5.11. The topological polar surface area (TPSA) is 70.1 Å². The summed E-state index contributed by atoms with van der Waals surface area (Å²) < 4.78 is 0. The average molecular weight is 358 g/mol. The fourth-order valence-corrected chi connectivity index (χ4v) is 3.56. The zero-order valence-corrected chi connectivity index (χ0v) is 15.7. The number of amides is 1. The van der Waals surface area contributed by atoms with Gasteiger partial charge in [0.1, 0.15) is 5.92 Å². The molecule has 3 aromatic rings. The summed E-state index contributed by atoms with van der Waals surface area (Å²) in [5.41, 5.74) is 7.96. The Morgan fingerprint density at radius 2 is 1.96 bits per heavy atom. The van der Waals surface area contributed by atoms with Crippen LogP contribution >= 0.6 is 0 Å². The Morgan fingerprint density at radius 3 is 2.81 bits per heavy atom. The number of carbonyl (C=O) groups excluding carboxylic acids is 1. The predicted molar refractivity (Wildman–Crippen MR) is 108 cm³/mol. The van der Waals surface area contributed by atoms with E-state index in [9.17, 15) is 4.79 Å². The number of fused-ring (bicyclic) bond motifs is 1. The Morgan fingerprint density at radius 1 is 1.15 bits per heavy atom. The standard InChI is InChI=1S/C22H22N4O/c1-13-8-14(2)15(3)16(9-13)10-17-11-21(26-25-17)23-12-19-18-6-4-5-7-20(18)24-22(19)27/h4-9,11-12,19H,10H2,1-3H3,(H,24,27)(H,25,26). The van der Waals surface area contributed by atoms with E-state index < -0.39 is 0 Å². The van der Waals surface area contributed by atoms with Gasteiger partial charge in [-0.05, 0) is 49.1 Å². The highest BCUT2D eigenvalue weighted by Crippen LogP contribution is 2.31. The molecule has 0 spiro atoms. The van der Waals surface area contributed by atoms with E-state index in [-0.39, 0.29) is 11.8 Å². The summed E-state index contributed by atoms with van der Waals surface area (Å²) in [6, 6.07) is 14.0. The first kappa shape index (κ1) is 17.2. The van der Waals surface area contributed by atoms with Crippen LogP contribution in [0, 0.1) is 20.8 Å². The van der Waals surface area contributed by atoms with Crippen molar-refractivity contribution in [3.05, 3.63) is 76.0 Å². The number of hydrogen-bond acceptors (Lipinski definition) is 3. The van der Waals surface area contributed by atoms with Crippen molar-refractivity contribution in [2.75, 3.05) is 5.32 Å². The number of nitrogens with one attached hydrogen (secondary N) is 2. The molecule has 1 unspecified atom stereocenters. The first-order chi connectivity index (χ1) is 13.0. The molecular weight excluding hydrogens is 336 g/mol. The molecular formula is C22H22N4O. The highest BCUT2D eigenvalue weighted by Gasteiger charge is 2.28. The van der Waals surface area contributed by atoms with Gasteiger partial charge in [-0.3, -0.25) is 9.89 Å². The van der Waals surface area contributed by atoms with Crippen LogP contribution in [0.25, 0.3) is 0 Å². The second-order valence-electron chi connectivity index (χ2n) is 7.13. The Balaban J connectivity index is 1.52. The lowest BCUT2D eigenvalue weighted by Gasteiger charge is -2.09. The number of rotatable bonds is 4. The second-order valence-corrected chi connectivity index (χ2v) is 7.13. The summed E-state index contributed by atoms with van der Waals surface area (Å²) in [6.07, 6.45) is 2.45. The van der Waals surface area contributed by atoms with E-state index in [1.54, 1.807) is 6.21 Å². The molecule has 1 atom stereocenters. The van der Waals surface area contributed by atoms with Crippen LogP contribution in [0.15, 0.2) is 47.5 Å². The van der Waals surface area contributed by atoms with E-state index in [0.29, 0.717) is 5.82 Å². The number of nitrogens with zero attached hydrogens (tertiary/aromatic N) is 2. The Bertz CT molecular complexity index is 1050. The molecule has 0 radical (unpaired) electrons. The van der Waals surface area contributed by atoms with Crippen molar-refractivity contribution in [2.24, 2.45) is 4.99 Å². The van der Waals surface area contributed by atoms with Crippen molar-refractivity contribution in [2.45, 2.75) is 33.1 Å². The van der Waals surface area contributed by atoms with E-state index in [1.807, 2.05) is 30.3 Å². The average Bonchev–Trinajstić information content (AvgIpc) is 3.20. The van der Waals surface area contributed by atoms with Crippen molar-refractivity contribution in [1.82, 2.24) is 10.2 Å². The molecule has 2 N–H and O–H groups in total. The lowest BCUT2D eigenvalue weighted by Crippen LogP contribution is -2.12. The molecule has 1 aromatic heterocycles. The number of aryl methyl sites for hydroxylation is 2.